The molecule has 3 aliphatic rings. The second-order valence-corrected chi connectivity index (χ2v) is 10.9. The van der Waals surface area contributed by atoms with Gasteiger partial charge in [0.05, 0.1) is 18.5 Å². The number of carbonyl (C=O) groups is 4. The van der Waals surface area contributed by atoms with E-state index >= 15 is 0 Å². The van der Waals surface area contributed by atoms with Gasteiger partial charge in [0.2, 0.25) is 11.8 Å². The summed E-state index contributed by atoms with van der Waals surface area (Å²) < 4.78 is 19.6. The molecule has 4 rings (SSSR count). The van der Waals surface area contributed by atoms with E-state index in [1.54, 1.807) is 19.1 Å². The van der Waals surface area contributed by atoms with Crippen molar-refractivity contribution in [1.82, 2.24) is 9.80 Å². The summed E-state index contributed by atoms with van der Waals surface area (Å²) in [5, 5.41) is 9.16. The summed E-state index contributed by atoms with van der Waals surface area (Å²) in [6.45, 7) is 2.24. The Hall–Kier alpha value is -3.43. The molecule has 2 unspecified atom stereocenters. The Balaban J connectivity index is 1.16. The third-order valence-corrected chi connectivity index (χ3v) is 8.03. The first-order chi connectivity index (χ1) is 18.1. The van der Waals surface area contributed by atoms with Gasteiger partial charge in [-0.15, -0.1) is 0 Å². The van der Waals surface area contributed by atoms with E-state index in [2.05, 4.69) is 0 Å². The number of carbonyl (C=O) groups excluding carboxylic acids is 3. The van der Waals surface area contributed by atoms with E-state index in [1.807, 2.05) is 12.2 Å². The van der Waals surface area contributed by atoms with Gasteiger partial charge in [0, 0.05) is 24.9 Å². The van der Waals surface area contributed by atoms with Crippen LogP contribution in [0.3, 0.4) is 0 Å². The van der Waals surface area contributed by atoms with Gasteiger partial charge in [-0.25, -0.2) is 9.18 Å². The van der Waals surface area contributed by atoms with Crippen molar-refractivity contribution >= 4 is 23.9 Å². The van der Waals surface area contributed by atoms with Crippen molar-refractivity contribution in [2.75, 3.05) is 6.54 Å². The molecule has 4 atom stereocenters. The summed E-state index contributed by atoms with van der Waals surface area (Å²) in [5.41, 5.74) is 6.14. The topological polar surface area (TPSA) is 130 Å². The standard InChI is InChI=1S/C28H36FN3O6/c1-28(26(35)36)14-19(28)10-6-4-2-3-5-7-12-24(33)32-16-20(13-23(32)25(30)34)38-27(37)31-15-18-9-8-11-22(29)21(18)17-31/h6,8-11,19-20,23H,2-5,7,12-17H2,1H3,(H2,30,34)(H,35,36)/b10-6-/t19?,20-,23?,28+/m1/s1. The number of benzene rings is 1. The molecule has 3 amide bonds. The lowest BCUT2D eigenvalue weighted by molar-refractivity contribution is -0.143. The van der Waals surface area contributed by atoms with Gasteiger partial charge in [-0.05, 0) is 50.2 Å². The molecule has 1 aliphatic carbocycles. The first-order valence-electron chi connectivity index (χ1n) is 13.3. The lowest BCUT2D eigenvalue weighted by atomic mass is 10.1. The molecular formula is C28H36FN3O6. The number of amides is 3. The number of ether oxygens (including phenoxy) is 1. The van der Waals surface area contributed by atoms with Gasteiger partial charge < -0.3 is 20.5 Å². The highest BCUT2D eigenvalue weighted by molar-refractivity contribution is 5.87. The highest BCUT2D eigenvalue weighted by Crippen LogP contribution is 2.53. The summed E-state index contributed by atoms with van der Waals surface area (Å²) in [6.07, 6.45) is 8.20. The summed E-state index contributed by atoms with van der Waals surface area (Å²) >= 11 is 0. The lowest BCUT2D eigenvalue weighted by Gasteiger charge is -2.22. The molecule has 1 aromatic carbocycles. The third-order valence-electron chi connectivity index (χ3n) is 8.03. The average molecular weight is 530 g/mol. The number of allylic oxidation sites excluding steroid dienone is 2. The maximum atomic E-state index is 14.0. The molecule has 1 saturated heterocycles. The second-order valence-electron chi connectivity index (χ2n) is 10.9. The Labute approximate surface area is 221 Å². The lowest BCUT2D eigenvalue weighted by Crippen LogP contribution is -2.43. The Morgan fingerprint density at radius 3 is 2.63 bits per heavy atom. The van der Waals surface area contributed by atoms with Gasteiger partial charge in [-0.1, -0.05) is 37.1 Å². The number of hydrogen-bond acceptors (Lipinski definition) is 5. The van der Waals surface area contributed by atoms with Crippen LogP contribution in [0.1, 0.15) is 69.4 Å². The number of likely N-dealkylation sites (tertiary alicyclic amines) is 1. The van der Waals surface area contributed by atoms with Crippen LogP contribution in [0.25, 0.3) is 0 Å². The Kier molecular flexibility index (Phi) is 8.38. The van der Waals surface area contributed by atoms with Crippen LogP contribution < -0.4 is 5.73 Å². The zero-order valence-electron chi connectivity index (χ0n) is 21.7. The number of carboxylic acids is 1. The zero-order valence-corrected chi connectivity index (χ0v) is 21.7. The number of carboxylic acid groups (broad SMARTS) is 1. The van der Waals surface area contributed by atoms with E-state index in [9.17, 15) is 23.6 Å². The van der Waals surface area contributed by atoms with Gasteiger partial charge >= 0.3 is 12.1 Å². The minimum Gasteiger partial charge on any atom is -0.481 e. The SMILES string of the molecule is C[C@]1(C(=O)O)CC1/C=C\CCCCCCC(=O)N1C[C@H](OC(=O)N2Cc3cccc(F)c3C2)CC1C(N)=O. The number of fused-ring (bicyclic) bond motifs is 1. The first kappa shape index (κ1) is 27.6. The number of aliphatic carboxylic acids is 1. The molecule has 2 aliphatic heterocycles. The molecule has 0 bridgehead atoms. The molecule has 0 aromatic heterocycles. The van der Waals surface area contributed by atoms with Crippen molar-refractivity contribution in [3.05, 3.63) is 47.3 Å². The maximum absolute atomic E-state index is 14.0. The number of hydrogen-bond donors (Lipinski definition) is 2. The van der Waals surface area contributed by atoms with Crippen molar-refractivity contribution in [3.8, 4) is 0 Å². The van der Waals surface area contributed by atoms with Gasteiger partial charge in [-0.2, -0.15) is 0 Å². The van der Waals surface area contributed by atoms with Crippen LogP contribution in [0.4, 0.5) is 9.18 Å². The molecule has 2 fully saturated rings. The number of nitrogens with zero attached hydrogens (tertiary/aromatic N) is 2. The van der Waals surface area contributed by atoms with Crippen molar-refractivity contribution in [2.24, 2.45) is 17.1 Å². The van der Waals surface area contributed by atoms with E-state index < -0.39 is 35.5 Å². The van der Waals surface area contributed by atoms with E-state index in [4.69, 9.17) is 15.6 Å². The molecule has 0 radical (unpaired) electrons. The molecule has 9 nitrogen and oxygen atoms in total. The molecule has 38 heavy (non-hydrogen) atoms. The molecule has 0 spiro atoms. The highest BCUT2D eigenvalue weighted by atomic mass is 19.1. The van der Waals surface area contributed by atoms with E-state index in [1.165, 1.54) is 15.9 Å². The van der Waals surface area contributed by atoms with Crippen LogP contribution in [0.2, 0.25) is 0 Å². The predicted molar refractivity (Wildman–Crippen MR) is 136 cm³/mol. The number of halogens is 1. The molecule has 2 heterocycles. The summed E-state index contributed by atoms with van der Waals surface area (Å²) in [4.78, 5) is 51.5. The minimum atomic E-state index is -0.822. The van der Waals surface area contributed by atoms with Gasteiger partial charge in [-0.3, -0.25) is 19.3 Å². The van der Waals surface area contributed by atoms with Crippen LogP contribution in [0.5, 0.6) is 0 Å². The van der Waals surface area contributed by atoms with E-state index in [0.29, 0.717) is 18.4 Å². The largest absolute Gasteiger partial charge is 0.481 e. The van der Waals surface area contributed by atoms with E-state index in [-0.39, 0.29) is 50.1 Å². The van der Waals surface area contributed by atoms with Crippen molar-refractivity contribution in [3.63, 3.8) is 0 Å². The van der Waals surface area contributed by atoms with Crippen molar-refractivity contribution < 1.29 is 33.4 Å². The fraction of sp³-hybridized carbons (Fsp3) is 0.571. The third kappa shape index (κ3) is 6.16. The average Bonchev–Trinajstić information content (AvgIpc) is 3.21. The van der Waals surface area contributed by atoms with Crippen LogP contribution in [0.15, 0.2) is 30.4 Å². The van der Waals surface area contributed by atoms with Gasteiger partial charge in [0.15, 0.2) is 0 Å². The Morgan fingerprint density at radius 1 is 1.18 bits per heavy atom. The monoisotopic (exact) mass is 529 g/mol. The number of rotatable bonds is 11. The molecule has 10 heteroatoms. The summed E-state index contributed by atoms with van der Waals surface area (Å²) in [7, 11) is 0. The molecule has 3 N–H and O–H groups in total. The number of nitrogens with two attached hydrogens (primary N) is 1. The summed E-state index contributed by atoms with van der Waals surface area (Å²) in [6, 6.07) is 3.91. The van der Waals surface area contributed by atoms with Crippen molar-refractivity contribution in [2.45, 2.75) is 83.5 Å². The van der Waals surface area contributed by atoms with Gasteiger partial charge in [0.25, 0.3) is 0 Å². The summed E-state index contributed by atoms with van der Waals surface area (Å²) in [5.74, 6) is -1.80. The van der Waals surface area contributed by atoms with Gasteiger partial charge in [0.1, 0.15) is 18.0 Å². The van der Waals surface area contributed by atoms with Crippen LogP contribution in [0, 0.1) is 17.2 Å². The smallest absolute Gasteiger partial charge is 0.410 e. The van der Waals surface area contributed by atoms with Crippen LogP contribution in [-0.4, -0.2) is 57.5 Å². The highest BCUT2D eigenvalue weighted by Gasteiger charge is 2.54. The second kappa shape index (κ2) is 11.5. The van der Waals surface area contributed by atoms with E-state index in [0.717, 1.165) is 31.2 Å². The minimum absolute atomic E-state index is 0.106. The fourth-order valence-electron chi connectivity index (χ4n) is 5.38. The zero-order chi connectivity index (χ0) is 27.4. The molecule has 1 aromatic rings. The molecule has 206 valence electrons. The normalized spacial score (nSPS) is 26.0. The Bertz CT molecular complexity index is 1120. The number of unbranched alkanes of at least 4 members (excludes halogenated alkanes) is 4. The van der Waals surface area contributed by atoms with Crippen molar-refractivity contribution in [1.29, 1.82) is 0 Å². The molecular weight excluding hydrogens is 493 g/mol. The molecule has 1 saturated carbocycles. The fourth-order valence-corrected chi connectivity index (χ4v) is 5.38. The maximum Gasteiger partial charge on any atom is 0.410 e. The predicted octanol–water partition coefficient (Wildman–Crippen LogP) is 3.74. The number of primary amides is 1. The Morgan fingerprint density at radius 2 is 1.95 bits per heavy atom. The quantitative estimate of drug-likeness (QED) is 0.332. The van der Waals surface area contributed by atoms with Crippen LogP contribution >= 0.6 is 0 Å². The van der Waals surface area contributed by atoms with Crippen LogP contribution in [-0.2, 0) is 32.2 Å². The first-order valence-corrected chi connectivity index (χ1v) is 13.3.